The Bertz CT molecular complexity index is 1950. The molecule has 0 saturated heterocycles. The molecule has 0 aliphatic carbocycles. The van der Waals surface area contributed by atoms with E-state index in [1.165, 1.54) is 0 Å². The Labute approximate surface area is 270 Å². The molecule has 8 bridgehead atoms. The van der Waals surface area contributed by atoms with Crippen LogP contribution >= 0.6 is 0 Å². The summed E-state index contributed by atoms with van der Waals surface area (Å²) in [6.45, 7) is 13.5. The molecule has 2 aliphatic rings. The fourth-order valence-corrected chi connectivity index (χ4v) is 6.51. The van der Waals surface area contributed by atoms with Crippen molar-refractivity contribution in [2.24, 2.45) is 0 Å². The van der Waals surface area contributed by atoms with Crippen molar-refractivity contribution in [3.05, 3.63) is 75.4 Å². The Balaban J connectivity index is 0.00000461. The number of allylic oxidation sites excluding steroid dienone is 1. The second-order valence-electron chi connectivity index (χ2n) is 11.4. The zero-order valence-electron chi connectivity index (χ0n) is 25.7. The van der Waals surface area contributed by atoms with Crippen LogP contribution in [0.2, 0.25) is 0 Å². The molecule has 2 unspecified atom stereocenters. The van der Waals surface area contributed by atoms with Gasteiger partial charge in [-0.1, -0.05) is 26.5 Å². The maximum atomic E-state index is 12.6. The summed E-state index contributed by atoms with van der Waals surface area (Å²) in [6, 6.07) is 5.66. The Kier molecular flexibility index (Phi) is 9.55. The van der Waals surface area contributed by atoms with Crippen molar-refractivity contribution in [3.63, 3.8) is 0 Å². The number of aliphatic carboxylic acids is 3. The molecule has 45 heavy (non-hydrogen) atoms. The van der Waals surface area contributed by atoms with Gasteiger partial charge in [0.05, 0.1) is 29.5 Å². The number of rotatable bonds is 8. The first-order valence-electron chi connectivity index (χ1n) is 14.6. The molecule has 1 radical (unpaired) electrons. The third-order valence-electron chi connectivity index (χ3n) is 8.92. The summed E-state index contributed by atoms with van der Waals surface area (Å²) in [6.07, 6.45) is 1.75. The quantitative estimate of drug-likeness (QED) is 0.329. The number of fused-ring (bicyclic) bond motifs is 8. The van der Waals surface area contributed by atoms with Gasteiger partial charge in [-0.15, -0.1) is 0 Å². The van der Waals surface area contributed by atoms with Gasteiger partial charge in [-0.05, 0) is 80.5 Å². The van der Waals surface area contributed by atoms with Gasteiger partial charge < -0.3 is 34.9 Å². The van der Waals surface area contributed by atoms with E-state index in [2.05, 4.69) is 16.5 Å². The number of hydrogen-bond acceptors (Lipinski definition) is 7. The molecule has 3 aromatic rings. The molecule has 11 heteroatoms. The zero-order valence-corrected chi connectivity index (χ0v) is 26.8. The van der Waals surface area contributed by atoms with E-state index >= 15 is 0 Å². The largest absolute Gasteiger partial charge is 2.00 e. The summed E-state index contributed by atoms with van der Waals surface area (Å²) in [5.41, 5.74) is 8.60. The molecule has 0 fully saturated rings. The molecular weight excluding hydrogens is 619 g/mol. The first-order chi connectivity index (χ1) is 20.9. The summed E-state index contributed by atoms with van der Waals surface area (Å²) in [5, 5.41) is 34.0. The fourth-order valence-electron chi connectivity index (χ4n) is 6.51. The maximum absolute atomic E-state index is 12.6. The minimum absolute atomic E-state index is 0. The third-order valence-corrected chi connectivity index (χ3v) is 8.92. The summed E-state index contributed by atoms with van der Waals surface area (Å²) >= 11 is 0. The zero-order chi connectivity index (χ0) is 32.0. The minimum atomic E-state index is -1.49. The predicted molar refractivity (Wildman–Crippen MR) is 164 cm³/mol. The number of aryl methyl sites for hydroxylation is 3. The van der Waals surface area contributed by atoms with Crippen molar-refractivity contribution in [2.75, 3.05) is 0 Å². The van der Waals surface area contributed by atoms with Gasteiger partial charge in [-0.25, -0.2) is 4.98 Å². The van der Waals surface area contributed by atoms with Crippen LogP contribution in [0.25, 0.3) is 39.3 Å². The van der Waals surface area contributed by atoms with Crippen LogP contribution in [0.4, 0.5) is 0 Å². The van der Waals surface area contributed by atoms with Crippen molar-refractivity contribution in [1.29, 1.82) is 0 Å². The molecule has 0 amide bonds. The van der Waals surface area contributed by atoms with Crippen molar-refractivity contribution < 1.29 is 46.5 Å². The van der Waals surface area contributed by atoms with Gasteiger partial charge in [0.15, 0.2) is 0 Å². The van der Waals surface area contributed by atoms with Gasteiger partial charge in [-0.2, -0.15) is 0 Å². The van der Waals surface area contributed by atoms with E-state index in [0.717, 1.165) is 44.3 Å². The molecular formula is C34H34CoN4O6. The average molecular weight is 654 g/mol. The number of aromatic amines is 2. The number of carbonyl (C=O) groups is 3. The number of nitrogens with zero attached hydrogens (tertiary/aromatic N) is 2. The van der Waals surface area contributed by atoms with Crippen LogP contribution in [-0.2, 0) is 44.0 Å². The van der Waals surface area contributed by atoms with Gasteiger partial charge in [0.2, 0.25) is 0 Å². The fraction of sp³-hybridized carbons (Fsp3) is 0.324. The Morgan fingerprint density at radius 2 is 1.64 bits per heavy atom. The van der Waals surface area contributed by atoms with Crippen LogP contribution in [0, 0.1) is 13.8 Å². The topological polar surface area (TPSA) is 175 Å². The molecule has 3 N–H and O–H groups in total. The summed E-state index contributed by atoms with van der Waals surface area (Å²) in [5.74, 6) is -4.78. The molecule has 0 saturated carbocycles. The van der Waals surface area contributed by atoms with Crippen LogP contribution in [0.5, 0.6) is 0 Å². The smallest absolute Gasteiger partial charge is 0.550 e. The number of hydrogen-bond donors (Lipinski definition) is 3. The van der Waals surface area contributed by atoms with Crippen LogP contribution in [-0.4, -0.2) is 43.0 Å². The number of nitrogens with one attached hydrogen (secondary N) is 2. The van der Waals surface area contributed by atoms with E-state index in [1.807, 2.05) is 39.8 Å². The van der Waals surface area contributed by atoms with Crippen molar-refractivity contribution in [3.8, 4) is 0 Å². The van der Waals surface area contributed by atoms with Gasteiger partial charge in [0, 0.05) is 62.3 Å². The maximum Gasteiger partial charge on any atom is 2.00 e. The van der Waals surface area contributed by atoms with Gasteiger partial charge in [0.25, 0.3) is 0 Å². The second-order valence-corrected chi connectivity index (χ2v) is 11.4. The van der Waals surface area contributed by atoms with Crippen LogP contribution in [0.3, 0.4) is 0 Å². The van der Waals surface area contributed by atoms with E-state index in [1.54, 1.807) is 19.1 Å². The van der Waals surface area contributed by atoms with E-state index in [0.29, 0.717) is 29.1 Å². The molecule has 2 atom stereocenters. The van der Waals surface area contributed by atoms with Gasteiger partial charge >= 0.3 is 22.7 Å². The first-order valence-corrected chi connectivity index (χ1v) is 14.6. The minimum Gasteiger partial charge on any atom is -0.550 e. The molecule has 2 aliphatic heterocycles. The van der Waals surface area contributed by atoms with Crippen LogP contribution in [0.15, 0.2) is 24.8 Å². The number of aromatic nitrogens is 4. The van der Waals surface area contributed by atoms with Crippen molar-refractivity contribution in [1.82, 2.24) is 19.9 Å². The normalized spacial score (nSPS) is 15.9. The van der Waals surface area contributed by atoms with E-state index < -0.39 is 30.2 Å². The molecule has 0 aromatic carbocycles. The first kappa shape index (κ1) is 33.4. The van der Waals surface area contributed by atoms with Crippen molar-refractivity contribution in [2.45, 2.75) is 72.1 Å². The van der Waals surface area contributed by atoms with Gasteiger partial charge in [-0.3, -0.25) is 9.78 Å². The summed E-state index contributed by atoms with van der Waals surface area (Å²) in [4.78, 5) is 52.8. The second kappa shape index (κ2) is 12.9. The number of H-pyrrole nitrogens is 2. The molecule has 0 spiro atoms. The van der Waals surface area contributed by atoms with Crippen LogP contribution in [0.1, 0.15) is 96.0 Å². The van der Waals surface area contributed by atoms with Gasteiger partial charge in [0.1, 0.15) is 0 Å². The van der Waals surface area contributed by atoms with E-state index in [4.69, 9.17) is 9.97 Å². The third kappa shape index (κ3) is 5.97. The molecule has 3 aromatic heterocycles. The number of carboxylic acids is 3. The molecule has 5 rings (SSSR count). The number of carboxylic acid groups (broad SMARTS) is 3. The molecule has 5 heterocycles. The van der Waals surface area contributed by atoms with Crippen molar-refractivity contribution >= 4 is 57.2 Å². The monoisotopic (exact) mass is 653 g/mol. The van der Waals surface area contributed by atoms with E-state index in [9.17, 15) is 29.7 Å². The SMILES string of the molecule is C=Cc1c(C)c2cc3nc(c(CC(=O)O)c4nc(cc5[nH]c(cc1[nH]2)c(C)c5CC)C(C)=C4C(=O)[O-])C(CCC(=O)[O-])C3C.[Co+2]. The predicted octanol–water partition coefficient (Wildman–Crippen LogP) is 3.86. The van der Waals surface area contributed by atoms with Crippen LogP contribution < -0.4 is 10.2 Å². The Morgan fingerprint density at radius 1 is 0.978 bits per heavy atom. The molecule has 10 nitrogen and oxygen atoms in total. The molecule has 235 valence electrons. The standard InChI is InChI=1S/C34H36N4O6.Co/c1-7-19-15(3)23-12-25-17(5)21(9-10-29(39)40)32(37-25)22(11-30(41)42)33-31(34(43)44)18(6)26(38-33)14-28-20(8-2)16(4)24(36-28)13-27(19)35-23;/h7,12-14,17,21,35-36H,1,8-11H2,2-6H3,(H,39,40)(H,41,42)(H,43,44);/q;+2/p-2. The van der Waals surface area contributed by atoms with E-state index in [-0.39, 0.29) is 52.4 Å². The number of carbonyl (C=O) groups excluding carboxylic acids is 2. The average Bonchev–Trinajstić information content (AvgIpc) is 3.63. The summed E-state index contributed by atoms with van der Waals surface area (Å²) in [7, 11) is 0. The summed E-state index contributed by atoms with van der Waals surface area (Å²) < 4.78 is 0. The Hall–Kier alpha value is -4.48. The Morgan fingerprint density at radius 3 is 2.24 bits per heavy atom.